The van der Waals surface area contributed by atoms with Crippen molar-refractivity contribution in [3.8, 4) is 28.6 Å². The van der Waals surface area contributed by atoms with Crippen LogP contribution in [-0.4, -0.2) is 36.9 Å². The normalized spacial score (nSPS) is 13.8. The van der Waals surface area contributed by atoms with Crippen molar-refractivity contribution in [1.82, 2.24) is 4.98 Å². The molecule has 0 radical (unpaired) electrons. The minimum absolute atomic E-state index is 0.258. The van der Waals surface area contributed by atoms with E-state index in [2.05, 4.69) is 17.0 Å². The highest BCUT2D eigenvalue weighted by Gasteiger charge is 2.22. The molecule has 0 bridgehead atoms. The van der Waals surface area contributed by atoms with Gasteiger partial charge in [0, 0.05) is 31.3 Å². The van der Waals surface area contributed by atoms with E-state index in [4.69, 9.17) is 19.2 Å². The second kappa shape index (κ2) is 12.5. The summed E-state index contributed by atoms with van der Waals surface area (Å²) in [5.74, 6) is 2.21. The molecule has 1 fully saturated rings. The third-order valence-corrected chi connectivity index (χ3v) is 6.99. The van der Waals surface area contributed by atoms with Crippen LogP contribution in [0.15, 0.2) is 91.0 Å². The molecule has 1 aromatic heterocycles. The third kappa shape index (κ3) is 6.26. The summed E-state index contributed by atoms with van der Waals surface area (Å²) >= 11 is 0. The van der Waals surface area contributed by atoms with Gasteiger partial charge in [-0.15, -0.1) is 0 Å². The van der Waals surface area contributed by atoms with Crippen LogP contribution in [0.2, 0.25) is 0 Å². The summed E-state index contributed by atoms with van der Waals surface area (Å²) in [6, 6.07) is 30.2. The van der Waals surface area contributed by atoms with Gasteiger partial charge in [-0.25, -0.2) is 0 Å². The molecule has 6 heteroatoms. The summed E-state index contributed by atoms with van der Waals surface area (Å²) in [6.07, 6.45) is 1.96. The predicted octanol–water partition coefficient (Wildman–Crippen LogP) is 6.12. The number of hydrogen-bond acceptors (Lipinski definition) is 6. The molecule has 4 aromatic rings. The molecule has 1 aliphatic heterocycles. The number of hydrogen-bond donors (Lipinski definition) is 1. The van der Waals surface area contributed by atoms with Crippen LogP contribution < -0.4 is 19.1 Å². The molecule has 1 saturated heterocycles. The standard InChI is InChI=1S/C32H34N2O4/c1-36-30-20-27(12-14-29(30)34-18-16-24(21-35)17-19-34)28-13-15-31(37-22-25-8-4-2-5-9-25)33-32(28)38-23-26-10-6-3-7-11-26/h2-15,20,24,35H,16-19,21-23H2,1H3. The molecule has 3 aromatic carbocycles. The maximum atomic E-state index is 9.49. The number of rotatable bonds is 10. The molecule has 1 N–H and O–H groups in total. The van der Waals surface area contributed by atoms with Crippen molar-refractivity contribution in [3.05, 3.63) is 102 Å². The summed E-state index contributed by atoms with van der Waals surface area (Å²) in [5, 5.41) is 9.49. The van der Waals surface area contributed by atoms with Crippen molar-refractivity contribution in [1.29, 1.82) is 0 Å². The molecule has 0 unspecified atom stereocenters. The molecule has 196 valence electrons. The number of benzene rings is 3. The van der Waals surface area contributed by atoms with Gasteiger partial charge in [-0.2, -0.15) is 4.98 Å². The highest BCUT2D eigenvalue weighted by Crippen LogP contribution is 2.38. The third-order valence-electron chi connectivity index (χ3n) is 6.99. The first kappa shape index (κ1) is 25.6. The van der Waals surface area contributed by atoms with E-state index in [1.165, 1.54) is 0 Å². The van der Waals surface area contributed by atoms with Gasteiger partial charge in [-0.3, -0.25) is 0 Å². The zero-order valence-electron chi connectivity index (χ0n) is 21.8. The molecule has 6 nitrogen and oxygen atoms in total. The minimum Gasteiger partial charge on any atom is -0.495 e. The van der Waals surface area contributed by atoms with E-state index < -0.39 is 0 Å². The van der Waals surface area contributed by atoms with Gasteiger partial charge in [0.05, 0.1) is 12.8 Å². The topological polar surface area (TPSA) is 64.0 Å². The van der Waals surface area contributed by atoms with E-state index >= 15 is 0 Å². The quantitative estimate of drug-likeness (QED) is 0.277. The van der Waals surface area contributed by atoms with Gasteiger partial charge in [-0.05, 0) is 53.6 Å². The Bertz CT molecular complexity index is 1310. The van der Waals surface area contributed by atoms with Crippen LogP contribution in [0.3, 0.4) is 0 Å². The number of piperidine rings is 1. The van der Waals surface area contributed by atoms with Crippen LogP contribution in [0.25, 0.3) is 11.1 Å². The Morgan fingerprint density at radius 3 is 2.11 bits per heavy atom. The molecule has 0 spiro atoms. The number of nitrogens with zero attached hydrogens (tertiary/aromatic N) is 2. The monoisotopic (exact) mass is 510 g/mol. The largest absolute Gasteiger partial charge is 0.495 e. The van der Waals surface area contributed by atoms with Crippen LogP contribution in [-0.2, 0) is 13.2 Å². The number of aliphatic hydroxyl groups is 1. The summed E-state index contributed by atoms with van der Waals surface area (Å²) < 4.78 is 18.1. The van der Waals surface area contributed by atoms with E-state index in [0.717, 1.165) is 59.6 Å². The minimum atomic E-state index is 0.258. The van der Waals surface area contributed by atoms with Gasteiger partial charge in [0.15, 0.2) is 0 Å². The number of pyridine rings is 1. The van der Waals surface area contributed by atoms with Crippen LogP contribution in [0.5, 0.6) is 17.5 Å². The highest BCUT2D eigenvalue weighted by molar-refractivity contribution is 5.75. The van der Waals surface area contributed by atoms with Crippen LogP contribution in [0.1, 0.15) is 24.0 Å². The smallest absolute Gasteiger partial charge is 0.225 e. The van der Waals surface area contributed by atoms with Gasteiger partial charge in [0.25, 0.3) is 0 Å². The molecule has 0 amide bonds. The summed E-state index contributed by atoms with van der Waals surface area (Å²) in [7, 11) is 1.70. The summed E-state index contributed by atoms with van der Waals surface area (Å²) in [4.78, 5) is 7.08. The molecule has 5 rings (SSSR count). The van der Waals surface area contributed by atoms with Crippen LogP contribution >= 0.6 is 0 Å². The first-order chi connectivity index (χ1) is 18.7. The SMILES string of the molecule is COc1cc(-c2ccc(OCc3ccccc3)nc2OCc2ccccc2)ccc1N1CCC(CO)CC1. The van der Waals surface area contributed by atoms with E-state index in [9.17, 15) is 5.11 Å². The lowest BCUT2D eigenvalue weighted by Crippen LogP contribution is -2.34. The average molecular weight is 511 g/mol. The predicted molar refractivity (Wildman–Crippen MR) is 150 cm³/mol. The van der Waals surface area contributed by atoms with Crippen molar-refractivity contribution in [3.63, 3.8) is 0 Å². The van der Waals surface area contributed by atoms with Gasteiger partial charge < -0.3 is 24.2 Å². The summed E-state index contributed by atoms with van der Waals surface area (Å²) in [6.45, 7) is 2.90. The Hall–Kier alpha value is -4.03. The van der Waals surface area contributed by atoms with Crippen molar-refractivity contribution in [2.45, 2.75) is 26.1 Å². The maximum absolute atomic E-state index is 9.49. The molecular formula is C32H34N2O4. The maximum Gasteiger partial charge on any atom is 0.225 e. The molecule has 1 aliphatic rings. The van der Waals surface area contributed by atoms with Crippen molar-refractivity contribution in [2.75, 3.05) is 31.7 Å². The first-order valence-electron chi connectivity index (χ1n) is 13.1. The number of aromatic nitrogens is 1. The second-order valence-corrected chi connectivity index (χ2v) is 9.55. The molecule has 0 aliphatic carbocycles. The fourth-order valence-electron chi connectivity index (χ4n) is 4.75. The number of methoxy groups -OCH3 is 1. The van der Waals surface area contributed by atoms with Gasteiger partial charge in [0.1, 0.15) is 19.0 Å². The van der Waals surface area contributed by atoms with Crippen molar-refractivity contribution >= 4 is 5.69 Å². The van der Waals surface area contributed by atoms with E-state index in [1.807, 2.05) is 78.9 Å². The van der Waals surface area contributed by atoms with E-state index in [-0.39, 0.29) is 6.61 Å². The van der Waals surface area contributed by atoms with Crippen molar-refractivity contribution < 1.29 is 19.3 Å². The van der Waals surface area contributed by atoms with Crippen molar-refractivity contribution in [2.24, 2.45) is 5.92 Å². The Balaban J connectivity index is 1.41. The van der Waals surface area contributed by atoms with Gasteiger partial charge in [-0.1, -0.05) is 66.7 Å². The fraction of sp³-hybridized carbons (Fsp3) is 0.281. The second-order valence-electron chi connectivity index (χ2n) is 9.55. The number of ether oxygens (including phenoxy) is 3. The lowest BCUT2D eigenvalue weighted by atomic mass is 9.97. The van der Waals surface area contributed by atoms with Crippen LogP contribution in [0, 0.1) is 5.92 Å². The molecule has 0 atom stereocenters. The molecule has 38 heavy (non-hydrogen) atoms. The fourth-order valence-corrected chi connectivity index (χ4v) is 4.75. The van der Waals surface area contributed by atoms with Crippen LogP contribution in [0.4, 0.5) is 5.69 Å². The Labute approximate surface area is 224 Å². The Morgan fingerprint density at radius 2 is 1.47 bits per heavy atom. The zero-order chi connectivity index (χ0) is 26.2. The summed E-state index contributed by atoms with van der Waals surface area (Å²) in [5.41, 5.74) is 5.04. The molecule has 2 heterocycles. The average Bonchev–Trinajstić information content (AvgIpc) is 3.00. The van der Waals surface area contributed by atoms with E-state index in [0.29, 0.717) is 30.9 Å². The number of anilines is 1. The highest BCUT2D eigenvalue weighted by atomic mass is 16.5. The molecule has 0 saturated carbocycles. The lowest BCUT2D eigenvalue weighted by Gasteiger charge is -2.33. The first-order valence-corrected chi connectivity index (χ1v) is 13.1. The van der Waals surface area contributed by atoms with E-state index in [1.54, 1.807) is 7.11 Å². The van der Waals surface area contributed by atoms with Gasteiger partial charge >= 0.3 is 0 Å². The Morgan fingerprint density at radius 1 is 0.816 bits per heavy atom. The number of aliphatic hydroxyl groups excluding tert-OH is 1. The van der Waals surface area contributed by atoms with Gasteiger partial charge in [0.2, 0.25) is 11.8 Å². The Kier molecular flexibility index (Phi) is 8.41. The molecular weight excluding hydrogens is 476 g/mol. The lowest BCUT2D eigenvalue weighted by molar-refractivity contribution is 0.203. The zero-order valence-corrected chi connectivity index (χ0v) is 21.8.